The van der Waals surface area contributed by atoms with Crippen molar-refractivity contribution in [2.45, 2.75) is 19.4 Å². The summed E-state index contributed by atoms with van der Waals surface area (Å²) < 4.78 is 12.4. The number of hydrogen-bond acceptors (Lipinski definition) is 3. The van der Waals surface area contributed by atoms with E-state index in [1.54, 1.807) is 14.2 Å². The van der Waals surface area contributed by atoms with Gasteiger partial charge in [-0.05, 0) is 60.9 Å². The van der Waals surface area contributed by atoms with E-state index in [0.717, 1.165) is 28.3 Å². The molecule has 0 unspecified atom stereocenters. The second-order valence-electron chi connectivity index (χ2n) is 6.77. The zero-order valence-electron chi connectivity index (χ0n) is 16.7. The summed E-state index contributed by atoms with van der Waals surface area (Å²) in [6.45, 7) is 1.98. The van der Waals surface area contributed by atoms with Crippen molar-refractivity contribution in [2.75, 3.05) is 14.2 Å². The van der Waals surface area contributed by atoms with Crippen molar-refractivity contribution >= 4 is 5.91 Å². The first kappa shape index (κ1) is 19.5. The summed E-state index contributed by atoms with van der Waals surface area (Å²) in [6, 6.07) is 19.3. The SMILES string of the molecule is COc1ccc(C[C@@H](NC(=O)c2ccc(C)n2C)c2ccc(OC)cc2)cc1. The van der Waals surface area contributed by atoms with E-state index in [4.69, 9.17) is 9.47 Å². The predicted molar refractivity (Wildman–Crippen MR) is 110 cm³/mol. The van der Waals surface area contributed by atoms with Crippen molar-refractivity contribution in [2.24, 2.45) is 7.05 Å². The quantitative estimate of drug-likeness (QED) is 0.674. The molecule has 2 aromatic carbocycles. The summed E-state index contributed by atoms with van der Waals surface area (Å²) in [4.78, 5) is 12.9. The molecule has 0 fully saturated rings. The lowest BCUT2D eigenvalue weighted by Crippen LogP contribution is -2.31. The number of hydrogen-bond donors (Lipinski definition) is 1. The van der Waals surface area contributed by atoms with Crippen LogP contribution in [0.25, 0.3) is 0 Å². The number of aromatic nitrogens is 1. The van der Waals surface area contributed by atoms with Gasteiger partial charge in [0.15, 0.2) is 0 Å². The number of amides is 1. The zero-order valence-corrected chi connectivity index (χ0v) is 16.7. The lowest BCUT2D eigenvalue weighted by Gasteiger charge is -2.20. The van der Waals surface area contributed by atoms with Gasteiger partial charge in [-0.3, -0.25) is 4.79 Å². The van der Waals surface area contributed by atoms with E-state index < -0.39 is 0 Å². The molecule has 5 heteroatoms. The summed E-state index contributed by atoms with van der Waals surface area (Å²) in [5, 5.41) is 3.19. The fraction of sp³-hybridized carbons (Fsp3) is 0.261. The molecule has 3 aromatic rings. The fourth-order valence-electron chi connectivity index (χ4n) is 3.16. The van der Waals surface area contributed by atoms with Crippen molar-refractivity contribution in [3.63, 3.8) is 0 Å². The van der Waals surface area contributed by atoms with Crippen LogP contribution in [0.4, 0.5) is 0 Å². The molecule has 3 rings (SSSR count). The number of rotatable bonds is 7. The standard InChI is InChI=1S/C23H26N2O3/c1-16-5-14-22(25(16)2)23(26)24-21(18-8-12-20(28-4)13-9-18)15-17-6-10-19(27-3)11-7-17/h5-14,21H,15H2,1-4H3,(H,24,26)/t21-/m1/s1. The first-order valence-corrected chi connectivity index (χ1v) is 9.22. The number of ether oxygens (including phenoxy) is 2. The molecular weight excluding hydrogens is 352 g/mol. The smallest absolute Gasteiger partial charge is 0.268 e. The van der Waals surface area contributed by atoms with E-state index in [-0.39, 0.29) is 11.9 Å². The van der Waals surface area contributed by atoms with Gasteiger partial charge >= 0.3 is 0 Å². The monoisotopic (exact) mass is 378 g/mol. The summed E-state index contributed by atoms with van der Waals surface area (Å²) in [7, 11) is 5.19. The number of aryl methyl sites for hydroxylation is 1. The highest BCUT2D eigenvalue weighted by Gasteiger charge is 2.19. The van der Waals surface area contributed by atoms with E-state index in [1.807, 2.05) is 79.2 Å². The van der Waals surface area contributed by atoms with E-state index in [1.165, 1.54) is 0 Å². The fourth-order valence-corrected chi connectivity index (χ4v) is 3.16. The van der Waals surface area contributed by atoms with Gasteiger partial charge in [0.1, 0.15) is 17.2 Å². The van der Waals surface area contributed by atoms with Gasteiger partial charge in [-0.15, -0.1) is 0 Å². The first-order valence-electron chi connectivity index (χ1n) is 9.22. The molecule has 1 amide bonds. The molecule has 1 N–H and O–H groups in total. The van der Waals surface area contributed by atoms with E-state index in [9.17, 15) is 4.79 Å². The van der Waals surface area contributed by atoms with Crippen LogP contribution in [-0.4, -0.2) is 24.7 Å². The number of benzene rings is 2. The van der Waals surface area contributed by atoms with Gasteiger partial charge in [0.2, 0.25) is 0 Å². The summed E-state index contributed by atoms with van der Waals surface area (Å²) in [6.07, 6.45) is 0.672. The van der Waals surface area contributed by atoms with Gasteiger partial charge in [-0.1, -0.05) is 24.3 Å². The molecule has 0 saturated carbocycles. The lowest BCUT2D eigenvalue weighted by molar-refractivity contribution is 0.0928. The Hall–Kier alpha value is -3.21. The minimum Gasteiger partial charge on any atom is -0.497 e. The highest BCUT2D eigenvalue weighted by Crippen LogP contribution is 2.23. The molecule has 1 heterocycles. The molecule has 0 radical (unpaired) electrons. The van der Waals surface area contributed by atoms with E-state index in [0.29, 0.717) is 12.1 Å². The van der Waals surface area contributed by atoms with Crippen molar-refractivity contribution < 1.29 is 14.3 Å². The average molecular weight is 378 g/mol. The Bertz CT molecular complexity index is 927. The number of methoxy groups -OCH3 is 2. The van der Waals surface area contributed by atoms with Crippen LogP contribution in [0.15, 0.2) is 60.7 Å². The third kappa shape index (κ3) is 4.36. The van der Waals surface area contributed by atoms with Gasteiger partial charge in [0, 0.05) is 12.7 Å². The van der Waals surface area contributed by atoms with E-state index in [2.05, 4.69) is 5.32 Å². The third-order valence-electron chi connectivity index (χ3n) is 5.03. The molecule has 5 nitrogen and oxygen atoms in total. The van der Waals surface area contributed by atoms with Crippen LogP contribution >= 0.6 is 0 Å². The lowest BCUT2D eigenvalue weighted by atomic mass is 9.98. The molecule has 0 aliphatic heterocycles. The Labute approximate surface area is 165 Å². The van der Waals surface area contributed by atoms with Gasteiger partial charge in [0.25, 0.3) is 5.91 Å². The highest BCUT2D eigenvalue weighted by molar-refractivity contribution is 5.93. The molecule has 146 valence electrons. The normalized spacial score (nSPS) is 11.7. The van der Waals surface area contributed by atoms with E-state index >= 15 is 0 Å². The minimum absolute atomic E-state index is 0.0927. The van der Waals surface area contributed by atoms with Crippen LogP contribution in [0.1, 0.15) is 33.4 Å². The number of nitrogens with zero attached hydrogens (tertiary/aromatic N) is 1. The zero-order chi connectivity index (χ0) is 20.1. The van der Waals surface area contributed by atoms with Crippen molar-refractivity contribution in [3.8, 4) is 11.5 Å². The second kappa shape index (κ2) is 8.65. The minimum atomic E-state index is -0.165. The van der Waals surface area contributed by atoms with Crippen molar-refractivity contribution in [1.82, 2.24) is 9.88 Å². The summed E-state index contributed by atoms with van der Waals surface area (Å²) in [5.74, 6) is 1.51. The molecule has 0 aliphatic rings. The predicted octanol–water partition coefficient (Wildman–Crippen LogP) is 4.06. The van der Waals surface area contributed by atoms with Crippen LogP contribution in [0.5, 0.6) is 11.5 Å². The number of nitrogens with one attached hydrogen (secondary N) is 1. The molecule has 0 saturated heterocycles. The average Bonchev–Trinajstić information content (AvgIpc) is 3.06. The highest BCUT2D eigenvalue weighted by atomic mass is 16.5. The first-order chi connectivity index (χ1) is 13.5. The summed E-state index contributed by atoms with van der Waals surface area (Å²) >= 11 is 0. The van der Waals surface area contributed by atoms with Gasteiger partial charge in [-0.2, -0.15) is 0 Å². The number of carbonyl (C=O) groups excluding carboxylic acids is 1. The number of carbonyl (C=O) groups is 1. The topological polar surface area (TPSA) is 52.5 Å². The second-order valence-corrected chi connectivity index (χ2v) is 6.77. The Morgan fingerprint density at radius 1 is 0.929 bits per heavy atom. The van der Waals surface area contributed by atoms with Gasteiger partial charge in [0.05, 0.1) is 20.3 Å². The summed E-state index contributed by atoms with van der Waals surface area (Å²) in [5.41, 5.74) is 3.83. The third-order valence-corrected chi connectivity index (χ3v) is 5.03. The molecule has 1 atom stereocenters. The van der Waals surface area contributed by atoms with Crippen LogP contribution < -0.4 is 14.8 Å². The molecule has 0 spiro atoms. The largest absolute Gasteiger partial charge is 0.497 e. The van der Waals surface area contributed by atoms with Crippen LogP contribution in [-0.2, 0) is 13.5 Å². The molecule has 0 aliphatic carbocycles. The molecule has 1 aromatic heterocycles. The van der Waals surface area contributed by atoms with Crippen LogP contribution in [0, 0.1) is 6.92 Å². The van der Waals surface area contributed by atoms with Gasteiger partial charge < -0.3 is 19.4 Å². The maximum Gasteiger partial charge on any atom is 0.268 e. The maximum atomic E-state index is 12.9. The maximum absolute atomic E-state index is 12.9. The Morgan fingerprint density at radius 2 is 1.50 bits per heavy atom. The van der Waals surface area contributed by atoms with Crippen molar-refractivity contribution in [1.29, 1.82) is 0 Å². The Morgan fingerprint density at radius 3 is 2.00 bits per heavy atom. The molecule has 0 bridgehead atoms. The van der Waals surface area contributed by atoms with Gasteiger partial charge in [-0.25, -0.2) is 0 Å². The van der Waals surface area contributed by atoms with Crippen LogP contribution in [0.2, 0.25) is 0 Å². The Balaban J connectivity index is 1.86. The molecular formula is C23H26N2O3. The molecule has 28 heavy (non-hydrogen) atoms. The van der Waals surface area contributed by atoms with Crippen LogP contribution in [0.3, 0.4) is 0 Å². The van der Waals surface area contributed by atoms with Crippen molar-refractivity contribution in [3.05, 3.63) is 83.2 Å². The Kier molecular flexibility index (Phi) is 6.04.